The van der Waals surface area contributed by atoms with Crippen molar-refractivity contribution in [3.05, 3.63) is 89.1 Å². The average Bonchev–Trinajstić information content (AvgIpc) is 3.25. The molecule has 0 bridgehead atoms. The summed E-state index contributed by atoms with van der Waals surface area (Å²) in [6.07, 6.45) is 0.664. The first-order valence-corrected chi connectivity index (χ1v) is 10.4. The normalized spacial score (nSPS) is 11.9. The molecule has 0 fully saturated rings. The Bertz CT molecular complexity index is 1040. The molecule has 7 heteroatoms. The van der Waals surface area contributed by atoms with Crippen molar-refractivity contribution in [3.63, 3.8) is 0 Å². The van der Waals surface area contributed by atoms with E-state index < -0.39 is 0 Å². The molecule has 0 radical (unpaired) electrons. The van der Waals surface area contributed by atoms with Gasteiger partial charge in [-0.25, -0.2) is 4.39 Å². The first-order valence-electron chi connectivity index (χ1n) is 10.4. The maximum atomic E-state index is 13.3. The van der Waals surface area contributed by atoms with Gasteiger partial charge in [-0.1, -0.05) is 12.1 Å². The first-order chi connectivity index (χ1) is 15.3. The third-order valence-electron chi connectivity index (χ3n) is 4.97. The van der Waals surface area contributed by atoms with Gasteiger partial charge in [0.25, 0.3) is 5.91 Å². The Morgan fingerprint density at radius 3 is 2.34 bits per heavy atom. The molecule has 0 aliphatic rings. The van der Waals surface area contributed by atoms with E-state index in [1.807, 2.05) is 19.0 Å². The Kier molecular flexibility index (Phi) is 7.78. The molecular formula is C25H27FN2O4. The maximum absolute atomic E-state index is 13.3. The highest BCUT2D eigenvalue weighted by Gasteiger charge is 2.19. The summed E-state index contributed by atoms with van der Waals surface area (Å²) in [5.74, 6) is 0.582. The lowest BCUT2D eigenvalue weighted by Crippen LogP contribution is -2.30. The Labute approximate surface area is 187 Å². The van der Waals surface area contributed by atoms with Crippen molar-refractivity contribution in [2.24, 2.45) is 0 Å². The van der Waals surface area contributed by atoms with Crippen LogP contribution in [0.3, 0.4) is 0 Å². The Morgan fingerprint density at radius 1 is 1.03 bits per heavy atom. The summed E-state index contributed by atoms with van der Waals surface area (Å²) in [4.78, 5) is 26.1. The molecule has 6 nitrogen and oxygen atoms in total. The zero-order valence-corrected chi connectivity index (χ0v) is 18.4. The van der Waals surface area contributed by atoms with E-state index in [4.69, 9.17) is 9.15 Å². The van der Waals surface area contributed by atoms with Crippen molar-refractivity contribution in [3.8, 4) is 5.75 Å². The molecule has 0 aliphatic carbocycles. The minimum Gasteiger partial charge on any atom is -0.486 e. The molecule has 3 aromatic rings. The predicted molar refractivity (Wildman–Crippen MR) is 119 cm³/mol. The molecule has 0 saturated heterocycles. The van der Waals surface area contributed by atoms with Gasteiger partial charge in [-0.3, -0.25) is 9.59 Å². The molecule has 168 valence electrons. The second-order valence-corrected chi connectivity index (χ2v) is 7.80. The summed E-state index contributed by atoms with van der Waals surface area (Å²) in [6, 6.07) is 15.9. The number of hydrogen-bond donors (Lipinski definition) is 1. The summed E-state index contributed by atoms with van der Waals surface area (Å²) < 4.78 is 24.6. The lowest BCUT2D eigenvalue weighted by Gasteiger charge is -2.21. The number of amides is 1. The van der Waals surface area contributed by atoms with Crippen LogP contribution in [-0.2, 0) is 6.61 Å². The summed E-state index contributed by atoms with van der Waals surface area (Å²) in [6.45, 7) is 2.41. The molecule has 0 saturated carbocycles. The number of benzene rings is 2. The largest absolute Gasteiger partial charge is 0.486 e. The van der Waals surface area contributed by atoms with E-state index >= 15 is 0 Å². The number of halogens is 1. The first kappa shape index (κ1) is 23.2. The van der Waals surface area contributed by atoms with Gasteiger partial charge in [-0.15, -0.1) is 0 Å². The fraction of sp³-hybridized carbons (Fsp3) is 0.280. The molecule has 1 amide bonds. The Hall–Kier alpha value is -3.45. The summed E-state index contributed by atoms with van der Waals surface area (Å²) in [5, 5.41) is 2.97. The van der Waals surface area contributed by atoms with Crippen LogP contribution in [0.1, 0.15) is 51.6 Å². The predicted octanol–water partition coefficient (Wildman–Crippen LogP) is 4.62. The Balaban J connectivity index is 1.62. The van der Waals surface area contributed by atoms with Gasteiger partial charge >= 0.3 is 0 Å². The van der Waals surface area contributed by atoms with E-state index in [0.29, 0.717) is 23.5 Å². The van der Waals surface area contributed by atoms with E-state index in [1.165, 1.54) is 19.1 Å². The van der Waals surface area contributed by atoms with Crippen LogP contribution in [-0.4, -0.2) is 37.2 Å². The number of ketones is 1. The lowest BCUT2D eigenvalue weighted by atomic mass is 10.0. The fourth-order valence-electron chi connectivity index (χ4n) is 3.15. The van der Waals surface area contributed by atoms with Crippen molar-refractivity contribution < 1.29 is 23.1 Å². The molecule has 1 heterocycles. The van der Waals surface area contributed by atoms with Gasteiger partial charge < -0.3 is 19.4 Å². The van der Waals surface area contributed by atoms with Crippen LogP contribution in [0.4, 0.5) is 4.39 Å². The summed E-state index contributed by atoms with van der Waals surface area (Å²) in [5.41, 5.74) is 1.44. The third kappa shape index (κ3) is 6.52. The quantitative estimate of drug-likeness (QED) is 0.468. The van der Waals surface area contributed by atoms with Gasteiger partial charge in [0.2, 0.25) is 0 Å². The number of furan rings is 1. The van der Waals surface area contributed by atoms with E-state index in [-0.39, 0.29) is 35.9 Å². The zero-order chi connectivity index (χ0) is 23.1. The number of rotatable bonds is 10. The average molecular weight is 438 g/mol. The van der Waals surface area contributed by atoms with Gasteiger partial charge in [-0.2, -0.15) is 0 Å². The zero-order valence-electron chi connectivity index (χ0n) is 18.4. The molecule has 32 heavy (non-hydrogen) atoms. The number of hydrogen-bond acceptors (Lipinski definition) is 5. The molecule has 1 atom stereocenters. The van der Waals surface area contributed by atoms with Gasteiger partial charge in [0.15, 0.2) is 11.5 Å². The van der Waals surface area contributed by atoms with Crippen LogP contribution in [0.15, 0.2) is 65.1 Å². The minimum absolute atomic E-state index is 0.0113. The van der Waals surface area contributed by atoms with Crippen molar-refractivity contribution in [2.75, 3.05) is 20.6 Å². The monoisotopic (exact) mass is 438 g/mol. The second kappa shape index (κ2) is 10.7. The van der Waals surface area contributed by atoms with E-state index in [0.717, 1.165) is 12.1 Å². The van der Waals surface area contributed by atoms with Gasteiger partial charge in [0, 0.05) is 5.56 Å². The third-order valence-corrected chi connectivity index (χ3v) is 4.97. The van der Waals surface area contributed by atoms with Crippen molar-refractivity contribution >= 4 is 11.7 Å². The number of Topliss-reactive ketones (excluding diaryl/α,β-unsaturated/α-hetero) is 1. The Morgan fingerprint density at radius 2 is 1.72 bits per heavy atom. The molecule has 0 aliphatic heterocycles. The summed E-state index contributed by atoms with van der Waals surface area (Å²) >= 11 is 0. The van der Waals surface area contributed by atoms with Crippen molar-refractivity contribution in [2.45, 2.75) is 26.0 Å². The maximum Gasteiger partial charge on any atom is 0.287 e. The minimum atomic E-state index is -0.352. The molecule has 1 unspecified atom stereocenters. The van der Waals surface area contributed by atoms with E-state index in [9.17, 15) is 14.0 Å². The van der Waals surface area contributed by atoms with Crippen LogP contribution in [0.5, 0.6) is 5.75 Å². The number of nitrogens with zero attached hydrogens (tertiary/aromatic N) is 1. The highest BCUT2D eigenvalue weighted by molar-refractivity contribution is 5.94. The van der Waals surface area contributed by atoms with E-state index in [2.05, 4.69) is 5.32 Å². The topological polar surface area (TPSA) is 71.8 Å². The van der Waals surface area contributed by atoms with E-state index in [1.54, 1.807) is 48.5 Å². The molecule has 0 spiro atoms. The molecule has 1 N–H and O–H groups in total. The van der Waals surface area contributed by atoms with Gasteiger partial charge in [0.05, 0.1) is 6.04 Å². The van der Waals surface area contributed by atoms with Crippen molar-refractivity contribution in [1.82, 2.24) is 10.2 Å². The fourth-order valence-corrected chi connectivity index (χ4v) is 3.15. The molecule has 1 aromatic heterocycles. The molecule has 3 rings (SSSR count). The number of ether oxygens (including phenoxy) is 1. The smallest absolute Gasteiger partial charge is 0.287 e. The number of carbonyl (C=O) groups is 2. The SMILES string of the molecule is CC(=O)c1ccc(OCc2ccc(C(=O)NC(CCN(C)C)c3ccc(F)cc3)o2)cc1. The second-order valence-electron chi connectivity index (χ2n) is 7.80. The van der Waals surface area contributed by atoms with Crippen LogP contribution < -0.4 is 10.1 Å². The lowest BCUT2D eigenvalue weighted by molar-refractivity contribution is 0.0900. The standard InChI is InChI=1S/C25H27FN2O4/c1-17(29)18-6-10-21(11-7-18)31-16-22-12-13-24(32-22)25(30)27-23(14-15-28(2)3)19-4-8-20(26)9-5-19/h4-13,23H,14-16H2,1-3H3,(H,27,30). The van der Waals surface area contributed by atoms with Gasteiger partial charge in [-0.05, 0) is 88.1 Å². The molecular weight excluding hydrogens is 411 g/mol. The number of nitrogens with one attached hydrogen (secondary N) is 1. The number of carbonyl (C=O) groups excluding carboxylic acids is 2. The van der Waals surface area contributed by atoms with Crippen molar-refractivity contribution in [1.29, 1.82) is 0 Å². The highest BCUT2D eigenvalue weighted by Crippen LogP contribution is 2.20. The summed E-state index contributed by atoms with van der Waals surface area (Å²) in [7, 11) is 3.91. The van der Waals surface area contributed by atoms with Crippen LogP contribution in [0.25, 0.3) is 0 Å². The van der Waals surface area contributed by atoms with Crippen LogP contribution in [0.2, 0.25) is 0 Å². The highest BCUT2D eigenvalue weighted by atomic mass is 19.1. The van der Waals surface area contributed by atoms with Crippen LogP contribution >= 0.6 is 0 Å². The molecule has 2 aromatic carbocycles. The van der Waals surface area contributed by atoms with Crippen LogP contribution in [0, 0.1) is 5.82 Å². The van der Waals surface area contributed by atoms with Gasteiger partial charge in [0.1, 0.15) is 23.9 Å².